The van der Waals surface area contributed by atoms with Gasteiger partial charge < -0.3 is 27.3 Å². The van der Waals surface area contributed by atoms with Crippen molar-refractivity contribution >= 4 is 11.6 Å². The molecule has 0 saturated heterocycles. The molecule has 0 heterocycles. The lowest BCUT2D eigenvalue weighted by Crippen LogP contribution is -3.04. The van der Waals surface area contributed by atoms with Crippen molar-refractivity contribution in [3.8, 4) is 0 Å². The van der Waals surface area contributed by atoms with Gasteiger partial charge in [0.1, 0.15) is 6.04 Å². The van der Waals surface area contributed by atoms with Crippen LogP contribution in [0.15, 0.2) is 54.6 Å². The molecule has 0 saturated carbocycles. The van der Waals surface area contributed by atoms with Crippen molar-refractivity contribution in [2.75, 3.05) is 7.05 Å². The molecule has 18 heavy (non-hydrogen) atoms. The number of halogens is 2. The molecule has 2 aromatic carbocycles. The molecule has 0 spiro atoms. The molecule has 0 aromatic heterocycles. The van der Waals surface area contributed by atoms with E-state index < -0.39 is 0 Å². The second-order valence-electron chi connectivity index (χ2n) is 4.01. The summed E-state index contributed by atoms with van der Waals surface area (Å²) >= 11 is 5.97. The van der Waals surface area contributed by atoms with Gasteiger partial charge in [0.15, 0.2) is 0 Å². The molecule has 0 aliphatic heterocycles. The summed E-state index contributed by atoms with van der Waals surface area (Å²) in [4.78, 5) is 0. The summed E-state index contributed by atoms with van der Waals surface area (Å²) in [6, 6.07) is 17.0. The predicted octanol–water partition coefficient (Wildman–Crippen LogP) is -0.554. The van der Waals surface area contributed by atoms with Crippen molar-refractivity contribution in [1.82, 2.24) is 0 Å². The quantitative estimate of drug-likeness (QED) is 0.753. The van der Waals surface area contributed by atoms with E-state index in [1.165, 1.54) is 0 Å². The minimum absolute atomic E-state index is 0. The highest BCUT2D eigenvalue weighted by Crippen LogP contribution is 2.21. The van der Waals surface area contributed by atoms with Gasteiger partial charge >= 0.3 is 0 Å². The molecule has 0 amide bonds. The molecule has 4 heteroatoms. The van der Waals surface area contributed by atoms with Gasteiger partial charge in [-0.3, -0.25) is 0 Å². The summed E-state index contributed by atoms with van der Waals surface area (Å²) in [6.07, 6.45) is 0. The summed E-state index contributed by atoms with van der Waals surface area (Å²) in [5, 5.41) is 12.6. The van der Waals surface area contributed by atoms with Crippen molar-refractivity contribution in [3.63, 3.8) is 0 Å². The zero-order valence-electron chi connectivity index (χ0n) is 9.94. The van der Waals surface area contributed by atoms with Crippen LogP contribution in [0.2, 0.25) is 5.02 Å². The minimum atomic E-state index is -0.227. The smallest absolute Gasteiger partial charge is 0.138 e. The van der Waals surface area contributed by atoms with Gasteiger partial charge in [-0.15, -0.1) is 0 Å². The number of hydrogen-bond donors (Lipinski definition) is 1. The Balaban J connectivity index is 0.00000162. The van der Waals surface area contributed by atoms with E-state index in [-0.39, 0.29) is 28.1 Å². The molecule has 2 unspecified atom stereocenters. The van der Waals surface area contributed by atoms with Crippen molar-refractivity contribution in [3.05, 3.63) is 76.0 Å². The van der Waals surface area contributed by atoms with E-state index in [1.54, 1.807) is 7.05 Å². The molecule has 0 aliphatic rings. The lowest BCUT2D eigenvalue weighted by molar-refractivity contribution is -0.854. The number of nitrogens with one attached hydrogen (secondary N) is 1. The van der Waals surface area contributed by atoms with Gasteiger partial charge in [-0.05, 0) is 12.1 Å². The molecule has 0 radical (unpaired) electrons. The Bertz CT molecular complexity index is 490. The fourth-order valence-corrected chi connectivity index (χ4v) is 2.19. The van der Waals surface area contributed by atoms with Gasteiger partial charge in [-0.1, -0.05) is 54.1 Å². The van der Waals surface area contributed by atoms with E-state index in [9.17, 15) is 5.21 Å². The molecule has 0 aliphatic carbocycles. The molecule has 1 N–H and O–H groups in total. The molecule has 2 aromatic rings. The summed E-state index contributed by atoms with van der Waals surface area (Å²) in [5.41, 5.74) is 1.94. The summed E-state index contributed by atoms with van der Waals surface area (Å²) in [7, 11) is 1.61. The Morgan fingerprint density at radius 2 is 1.61 bits per heavy atom. The van der Waals surface area contributed by atoms with Crippen LogP contribution in [0.25, 0.3) is 0 Å². The SMILES string of the molecule is C[NH+]([O-])C(c1ccccc1)c1cccc(Cl)c1.[Br-]. The number of benzene rings is 2. The molecular weight excluding hydrogens is 314 g/mol. The van der Waals surface area contributed by atoms with Crippen molar-refractivity contribution < 1.29 is 22.0 Å². The van der Waals surface area contributed by atoms with E-state index >= 15 is 0 Å². The molecular formula is C14H14BrClNO-. The predicted molar refractivity (Wildman–Crippen MR) is 70.0 cm³/mol. The maximum atomic E-state index is 11.8. The first-order valence-electron chi connectivity index (χ1n) is 5.49. The van der Waals surface area contributed by atoms with Crippen molar-refractivity contribution in [1.29, 1.82) is 0 Å². The van der Waals surface area contributed by atoms with Gasteiger partial charge in [-0.2, -0.15) is 0 Å². The van der Waals surface area contributed by atoms with Crippen LogP contribution in [-0.2, 0) is 0 Å². The monoisotopic (exact) mass is 326 g/mol. The molecule has 0 fully saturated rings. The average molecular weight is 328 g/mol. The van der Waals surface area contributed by atoms with Gasteiger partial charge in [-0.25, -0.2) is 0 Å². The summed E-state index contributed by atoms with van der Waals surface area (Å²) in [6.45, 7) is 0. The van der Waals surface area contributed by atoms with E-state index in [4.69, 9.17) is 11.6 Å². The zero-order chi connectivity index (χ0) is 12.3. The first-order valence-corrected chi connectivity index (χ1v) is 5.87. The fraction of sp³-hybridized carbons (Fsp3) is 0.143. The third-order valence-corrected chi connectivity index (χ3v) is 2.96. The Hall–Kier alpha value is -0.870. The van der Waals surface area contributed by atoms with Gasteiger partial charge in [0, 0.05) is 16.1 Å². The number of rotatable bonds is 3. The Morgan fingerprint density at radius 3 is 2.17 bits per heavy atom. The van der Waals surface area contributed by atoms with Gasteiger partial charge in [0.05, 0.1) is 7.05 Å². The highest BCUT2D eigenvalue weighted by atomic mass is 79.9. The standard InChI is InChI=1S/C14H14ClNO.BrH/c1-16(17)14(11-6-3-2-4-7-11)12-8-5-9-13(15)10-12;/h2-10,14,16H,1H3;1H/p-1. The molecule has 2 nitrogen and oxygen atoms in total. The molecule has 2 rings (SSSR count). The molecule has 96 valence electrons. The molecule has 2 atom stereocenters. The topological polar surface area (TPSA) is 27.5 Å². The Kier molecular flexibility index (Phi) is 5.82. The lowest BCUT2D eigenvalue weighted by Gasteiger charge is -2.28. The first kappa shape index (κ1) is 15.2. The third-order valence-electron chi connectivity index (χ3n) is 2.72. The van der Waals surface area contributed by atoms with Crippen LogP contribution in [-0.4, -0.2) is 7.05 Å². The van der Waals surface area contributed by atoms with Gasteiger partial charge in [0.25, 0.3) is 0 Å². The molecule has 0 bridgehead atoms. The van der Waals surface area contributed by atoms with E-state index in [1.807, 2.05) is 54.6 Å². The minimum Gasteiger partial charge on any atom is -1.00 e. The van der Waals surface area contributed by atoms with Gasteiger partial charge in [0.2, 0.25) is 0 Å². The van der Waals surface area contributed by atoms with E-state index in [0.717, 1.165) is 11.1 Å². The van der Waals surface area contributed by atoms with E-state index in [0.29, 0.717) is 5.02 Å². The van der Waals surface area contributed by atoms with Crippen LogP contribution < -0.4 is 22.0 Å². The maximum absolute atomic E-state index is 11.8. The Morgan fingerprint density at radius 1 is 1.00 bits per heavy atom. The van der Waals surface area contributed by atoms with Crippen molar-refractivity contribution in [2.45, 2.75) is 6.04 Å². The second kappa shape index (κ2) is 6.90. The van der Waals surface area contributed by atoms with Crippen LogP contribution in [0.4, 0.5) is 0 Å². The highest BCUT2D eigenvalue weighted by molar-refractivity contribution is 6.30. The summed E-state index contributed by atoms with van der Waals surface area (Å²) in [5.74, 6) is 0. The highest BCUT2D eigenvalue weighted by Gasteiger charge is 2.17. The zero-order valence-corrected chi connectivity index (χ0v) is 12.3. The lowest BCUT2D eigenvalue weighted by atomic mass is 9.99. The van der Waals surface area contributed by atoms with Crippen LogP contribution in [0.3, 0.4) is 0 Å². The van der Waals surface area contributed by atoms with Crippen LogP contribution in [0, 0.1) is 5.21 Å². The number of hydrogen-bond acceptors (Lipinski definition) is 1. The average Bonchev–Trinajstić information content (AvgIpc) is 2.30. The van der Waals surface area contributed by atoms with Crippen LogP contribution >= 0.6 is 11.6 Å². The third kappa shape index (κ3) is 3.56. The van der Waals surface area contributed by atoms with Crippen LogP contribution in [0.1, 0.15) is 17.2 Å². The summed E-state index contributed by atoms with van der Waals surface area (Å²) < 4.78 is 0. The normalized spacial score (nSPS) is 13.5. The van der Waals surface area contributed by atoms with Crippen LogP contribution in [0.5, 0.6) is 0 Å². The fourth-order valence-electron chi connectivity index (χ4n) is 1.99. The first-order chi connectivity index (χ1) is 8.18. The van der Waals surface area contributed by atoms with Crippen molar-refractivity contribution in [2.24, 2.45) is 0 Å². The maximum Gasteiger partial charge on any atom is 0.138 e. The van der Waals surface area contributed by atoms with E-state index in [2.05, 4.69) is 0 Å². The largest absolute Gasteiger partial charge is 1.00 e. The number of hydroxylamine groups is 2. The Labute approximate surface area is 123 Å². The number of quaternary nitrogens is 1. The second-order valence-corrected chi connectivity index (χ2v) is 4.45.